The van der Waals surface area contributed by atoms with Crippen molar-refractivity contribution in [2.45, 2.75) is 39.7 Å². The summed E-state index contributed by atoms with van der Waals surface area (Å²) in [5, 5.41) is 0. The average molecular weight is 156 g/mol. The van der Waals surface area contributed by atoms with E-state index in [4.69, 9.17) is 4.74 Å². The molecule has 0 saturated heterocycles. The van der Waals surface area contributed by atoms with Crippen LogP contribution in [0.2, 0.25) is 0 Å². The number of methoxy groups -OCH3 is 1. The predicted molar refractivity (Wildman–Crippen MR) is 47.5 cm³/mol. The average Bonchev–Trinajstić information content (AvgIpc) is 1.99. The lowest BCUT2D eigenvalue weighted by Gasteiger charge is -2.36. The lowest BCUT2D eigenvalue weighted by atomic mass is 9.73. The van der Waals surface area contributed by atoms with Gasteiger partial charge in [0.2, 0.25) is 0 Å². The van der Waals surface area contributed by atoms with Gasteiger partial charge in [-0.25, -0.2) is 0 Å². The van der Waals surface area contributed by atoms with E-state index < -0.39 is 0 Å². The molecule has 0 aliphatic heterocycles. The molecule has 1 heteroatoms. The van der Waals surface area contributed by atoms with Crippen LogP contribution in [0.1, 0.15) is 33.6 Å². The molecule has 0 radical (unpaired) electrons. The largest absolute Gasteiger partial charge is 0.381 e. The fourth-order valence-corrected chi connectivity index (χ4v) is 2.11. The standard InChI is InChI=1S/C10H20O/c1-7-5-10(11-4)6-8(2)9(7)3/h7-10H,5-6H2,1-4H3. The first-order chi connectivity index (χ1) is 5.15. The van der Waals surface area contributed by atoms with Gasteiger partial charge in [-0.05, 0) is 30.6 Å². The van der Waals surface area contributed by atoms with Gasteiger partial charge in [-0.2, -0.15) is 0 Å². The molecule has 2 atom stereocenters. The highest BCUT2D eigenvalue weighted by Gasteiger charge is 2.29. The molecule has 2 unspecified atom stereocenters. The van der Waals surface area contributed by atoms with Gasteiger partial charge < -0.3 is 4.74 Å². The quantitative estimate of drug-likeness (QED) is 0.567. The molecule has 1 nitrogen and oxygen atoms in total. The summed E-state index contributed by atoms with van der Waals surface area (Å²) in [6.45, 7) is 7.04. The first kappa shape index (κ1) is 9.05. The summed E-state index contributed by atoms with van der Waals surface area (Å²) in [6, 6.07) is 0. The van der Waals surface area contributed by atoms with E-state index in [-0.39, 0.29) is 0 Å². The number of hydrogen-bond acceptors (Lipinski definition) is 1. The van der Waals surface area contributed by atoms with Crippen LogP contribution in [0.3, 0.4) is 0 Å². The van der Waals surface area contributed by atoms with Gasteiger partial charge in [0.25, 0.3) is 0 Å². The van der Waals surface area contributed by atoms with E-state index in [0.29, 0.717) is 6.10 Å². The van der Waals surface area contributed by atoms with Crippen molar-refractivity contribution in [1.29, 1.82) is 0 Å². The maximum Gasteiger partial charge on any atom is 0.0576 e. The minimum atomic E-state index is 0.524. The Morgan fingerprint density at radius 2 is 1.45 bits per heavy atom. The second-order valence-corrected chi connectivity index (χ2v) is 4.14. The first-order valence-corrected chi connectivity index (χ1v) is 4.68. The van der Waals surface area contributed by atoms with Gasteiger partial charge in [-0.1, -0.05) is 20.8 Å². The first-order valence-electron chi connectivity index (χ1n) is 4.68. The van der Waals surface area contributed by atoms with Gasteiger partial charge in [0.15, 0.2) is 0 Å². The van der Waals surface area contributed by atoms with Crippen molar-refractivity contribution in [3.05, 3.63) is 0 Å². The summed E-state index contributed by atoms with van der Waals surface area (Å²) in [6.07, 6.45) is 3.03. The predicted octanol–water partition coefficient (Wildman–Crippen LogP) is 2.70. The maximum atomic E-state index is 5.38. The highest BCUT2D eigenvalue weighted by atomic mass is 16.5. The van der Waals surface area contributed by atoms with Crippen molar-refractivity contribution >= 4 is 0 Å². The van der Waals surface area contributed by atoms with E-state index in [0.717, 1.165) is 17.8 Å². The Kier molecular flexibility index (Phi) is 2.94. The summed E-state index contributed by atoms with van der Waals surface area (Å²) in [4.78, 5) is 0. The Morgan fingerprint density at radius 3 is 1.82 bits per heavy atom. The third kappa shape index (κ3) is 1.96. The summed E-state index contributed by atoms with van der Waals surface area (Å²) in [5.41, 5.74) is 0. The molecule has 0 amide bonds. The molecule has 0 aromatic carbocycles. The van der Waals surface area contributed by atoms with Crippen LogP contribution >= 0.6 is 0 Å². The minimum absolute atomic E-state index is 0.524. The van der Waals surface area contributed by atoms with Gasteiger partial charge in [0.1, 0.15) is 0 Å². The Bertz CT molecular complexity index is 110. The van der Waals surface area contributed by atoms with Crippen LogP contribution in [0.15, 0.2) is 0 Å². The van der Waals surface area contributed by atoms with Gasteiger partial charge in [-0.15, -0.1) is 0 Å². The van der Waals surface area contributed by atoms with Crippen molar-refractivity contribution in [2.75, 3.05) is 7.11 Å². The van der Waals surface area contributed by atoms with Gasteiger partial charge in [0, 0.05) is 7.11 Å². The summed E-state index contributed by atoms with van der Waals surface area (Å²) in [7, 11) is 1.83. The molecular formula is C10H20O. The number of rotatable bonds is 1. The Labute approximate surface area is 70.1 Å². The molecule has 0 bridgehead atoms. The number of hydrogen-bond donors (Lipinski definition) is 0. The van der Waals surface area contributed by atoms with Crippen molar-refractivity contribution in [3.8, 4) is 0 Å². The topological polar surface area (TPSA) is 9.23 Å². The molecule has 66 valence electrons. The molecule has 1 rings (SSSR count). The Morgan fingerprint density at radius 1 is 1.00 bits per heavy atom. The van der Waals surface area contributed by atoms with Crippen molar-refractivity contribution in [2.24, 2.45) is 17.8 Å². The van der Waals surface area contributed by atoms with Crippen molar-refractivity contribution in [3.63, 3.8) is 0 Å². The van der Waals surface area contributed by atoms with Crippen molar-refractivity contribution < 1.29 is 4.74 Å². The van der Waals surface area contributed by atoms with Crippen LogP contribution in [0.25, 0.3) is 0 Å². The van der Waals surface area contributed by atoms with E-state index >= 15 is 0 Å². The molecule has 0 aromatic rings. The summed E-state index contributed by atoms with van der Waals surface area (Å²) >= 11 is 0. The van der Waals surface area contributed by atoms with Crippen LogP contribution in [0, 0.1) is 17.8 Å². The van der Waals surface area contributed by atoms with E-state index in [9.17, 15) is 0 Å². The molecule has 1 saturated carbocycles. The molecule has 11 heavy (non-hydrogen) atoms. The maximum absolute atomic E-state index is 5.38. The van der Waals surface area contributed by atoms with Gasteiger partial charge >= 0.3 is 0 Å². The second-order valence-electron chi connectivity index (χ2n) is 4.14. The minimum Gasteiger partial charge on any atom is -0.381 e. The third-order valence-electron chi connectivity index (χ3n) is 3.40. The SMILES string of the molecule is COC1CC(C)C(C)C(C)C1. The summed E-state index contributed by atoms with van der Waals surface area (Å²) < 4.78 is 5.38. The molecule has 0 aromatic heterocycles. The van der Waals surface area contributed by atoms with Gasteiger partial charge in [0.05, 0.1) is 6.10 Å². The highest BCUT2D eigenvalue weighted by molar-refractivity contribution is 4.79. The Balaban J connectivity index is 2.47. The third-order valence-corrected chi connectivity index (χ3v) is 3.40. The van der Waals surface area contributed by atoms with Crippen LogP contribution in [-0.4, -0.2) is 13.2 Å². The van der Waals surface area contributed by atoms with E-state index in [2.05, 4.69) is 20.8 Å². The smallest absolute Gasteiger partial charge is 0.0576 e. The molecule has 0 heterocycles. The van der Waals surface area contributed by atoms with Crippen LogP contribution in [0.5, 0.6) is 0 Å². The lowest BCUT2D eigenvalue weighted by Crippen LogP contribution is -2.31. The lowest BCUT2D eigenvalue weighted by molar-refractivity contribution is 0.0114. The van der Waals surface area contributed by atoms with E-state index in [1.165, 1.54) is 12.8 Å². The molecule has 0 N–H and O–H groups in total. The van der Waals surface area contributed by atoms with E-state index in [1.807, 2.05) is 7.11 Å². The zero-order valence-corrected chi connectivity index (χ0v) is 8.13. The van der Waals surface area contributed by atoms with Gasteiger partial charge in [-0.3, -0.25) is 0 Å². The normalized spacial score (nSPS) is 45.8. The zero-order chi connectivity index (χ0) is 8.43. The van der Waals surface area contributed by atoms with Crippen LogP contribution in [-0.2, 0) is 4.74 Å². The Hall–Kier alpha value is -0.0400. The zero-order valence-electron chi connectivity index (χ0n) is 8.13. The molecule has 0 spiro atoms. The molecule has 1 fully saturated rings. The van der Waals surface area contributed by atoms with Crippen LogP contribution in [0.4, 0.5) is 0 Å². The fourth-order valence-electron chi connectivity index (χ4n) is 2.11. The van der Waals surface area contributed by atoms with E-state index in [1.54, 1.807) is 0 Å². The molecule has 1 aliphatic rings. The fraction of sp³-hybridized carbons (Fsp3) is 1.00. The second kappa shape index (κ2) is 3.57. The van der Waals surface area contributed by atoms with Crippen LogP contribution < -0.4 is 0 Å². The molecule has 1 aliphatic carbocycles. The molecular weight excluding hydrogens is 136 g/mol. The van der Waals surface area contributed by atoms with Crippen molar-refractivity contribution in [1.82, 2.24) is 0 Å². The monoisotopic (exact) mass is 156 g/mol. The number of ether oxygens (including phenoxy) is 1. The highest BCUT2D eigenvalue weighted by Crippen LogP contribution is 2.34. The summed E-state index contributed by atoms with van der Waals surface area (Å²) in [5.74, 6) is 2.55.